The van der Waals surface area contributed by atoms with E-state index in [-0.39, 0.29) is 17.6 Å². The number of carbonyl (C=O) groups is 2. The lowest BCUT2D eigenvalue weighted by atomic mass is 9.78. The number of aliphatic imine (C=N–C) groups is 1. The molecule has 1 aliphatic rings. The third kappa shape index (κ3) is 7.16. The second-order valence-corrected chi connectivity index (χ2v) is 10.6. The van der Waals surface area contributed by atoms with Crippen LogP contribution in [0.25, 0.3) is 0 Å². The molecule has 1 unspecified atom stereocenters. The van der Waals surface area contributed by atoms with Crippen LogP contribution in [0.1, 0.15) is 25.3 Å². The number of allylic oxidation sites excluding steroid dienone is 1. The highest BCUT2D eigenvalue weighted by Crippen LogP contribution is 2.42. The number of ether oxygens (including phenoxy) is 1. The zero-order valence-electron chi connectivity index (χ0n) is 21.5. The van der Waals surface area contributed by atoms with Gasteiger partial charge in [0.05, 0.1) is 23.5 Å². The van der Waals surface area contributed by atoms with E-state index in [2.05, 4.69) is 37.6 Å². The van der Waals surface area contributed by atoms with Crippen molar-refractivity contribution in [2.45, 2.75) is 19.8 Å². The molecular weight excluding hydrogens is 576 g/mol. The van der Waals surface area contributed by atoms with Gasteiger partial charge < -0.3 is 15.4 Å². The molecule has 0 radical (unpaired) electrons. The molecule has 2 N–H and O–H groups in total. The molecule has 0 aromatic heterocycles. The van der Waals surface area contributed by atoms with Gasteiger partial charge in [-0.1, -0.05) is 58.0 Å². The smallest absolute Gasteiger partial charge is 0.254 e. The summed E-state index contributed by atoms with van der Waals surface area (Å²) in [6.07, 6.45) is 0. The van der Waals surface area contributed by atoms with Crippen LogP contribution in [0.3, 0.4) is 0 Å². The predicted octanol–water partition coefficient (Wildman–Crippen LogP) is 6.77. The number of carbonyl (C=O) groups excluding carboxylic acids is 2. The molecule has 0 spiro atoms. The van der Waals surface area contributed by atoms with Crippen molar-refractivity contribution in [1.82, 2.24) is 0 Å². The molecule has 7 nitrogen and oxygen atoms in total. The van der Waals surface area contributed by atoms with Crippen LogP contribution in [0.2, 0.25) is 0 Å². The Balaban J connectivity index is 1.63. The van der Waals surface area contributed by atoms with Crippen molar-refractivity contribution in [2.24, 2.45) is 10.9 Å². The van der Waals surface area contributed by atoms with Crippen LogP contribution in [0.15, 0.2) is 99.6 Å². The molecule has 0 saturated heterocycles. The van der Waals surface area contributed by atoms with Crippen LogP contribution in [0, 0.1) is 17.2 Å². The van der Waals surface area contributed by atoms with Crippen LogP contribution in [-0.4, -0.2) is 29.2 Å². The average molecular weight is 604 g/mol. The summed E-state index contributed by atoms with van der Waals surface area (Å²) in [5, 5.41) is 16.6. The van der Waals surface area contributed by atoms with Gasteiger partial charge in [-0.15, -0.1) is 0 Å². The lowest BCUT2D eigenvalue weighted by Crippen LogP contribution is -2.31. The minimum absolute atomic E-state index is 0.0713. The van der Waals surface area contributed by atoms with E-state index in [9.17, 15) is 14.9 Å². The Labute approximate surface area is 240 Å². The van der Waals surface area contributed by atoms with Crippen LogP contribution < -0.4 is 15.4 Å². The number of thioether (sulfide) groups is 1. The third-order valence-corrected chi connectivity index (χ3v) is 7.60. The van der Waals surface area contributed by atoms with Crippen molar-refractivity contribution in [3.05, 3.63) is 100 Å². The highest BCUT2D eigenvalue weighted by Gasteiger charge is 2.39. The Morgan fingerprint density at radius 2 is 1.67 bits per heavy atom. The molecule has 1 aliphatic heterocycles. The fourth-order valence-corrected chi connectivity index (χ4v) is 5.46. The quantitative estimate of drug-likeness (QED) is 0.296. The summed E-state index contributed by atoms with van der Waals surface area (Å²) in [5.41, 5.74) is 3.03. The fraction of sp³-hybridized carbons (Fsp3) is 0.200. The lowest BCUT2D eigenvalue weighted by molar-refractivity contribution is -0.114. The van der Waals surface area contributed by atoms with Gasteiger partial charge in [-0.3, -0.25) is 9.59 Å². The maximum atomic E-state index is 13.5. The maximum absolute atomic E-state index is 13.5. The standard InChI is InChI=1S/C30H27BrN4O3S/c1-3-38-24-15-9-20(10-16-24)28-25(17-32)30(39-18-26(36)34-23-13-11-21(31)12-14-23)33-19(2)27(28)29(37)35-22-7-5-4-6-8-22/h4-16,25,28H,3,18H2,1-2H3,(H,34,36)(H,35,37)/t25?,28-/m0/s1. The summed E-state index contributed by atoms with van der Waals surface area (Å²) < 4.78 is 6.50. The summed E-state index contributed by atoms with van der Waals surface area (Å²) in [6, 6.07) is 26.2. The first kappa shape index (κ1) is 28.1. The minimum atomic E-state index is -0.756. The number of nitriles is 1. The largest absolute Gasteiger partial charge is 0.494 e. The molecule has 0 fully saturated rings. The van der Waals surface area contributed by atoms with Crippen LogP contribution in [0.5, 0.6) is 5.75 Å². The number of nitrogens with zero attached hydrogens (tertiary/aromatic N) is 2. The average Bonchev–Trinajstić information content (AvgIpc) is 2.94. The van der Waals surface area contributed by atoms with Crippen molar-refractivity contribution >= 4 is 55.9 Å². The topological polar surface area (TPSA) is 104 Å². The van der Waals surface area contributed by atoms with Gasteiger partial charge in [0.25, 0.3) is 5.91 Å². The Hall–Kier alpha value is -3.87. The van der Waals surface area contributed by atoms with Gasteiger partial charge in [0.1, 0.15) is 11.7 Å². The number of benzene rings is 3. The van der Waals surface area contributed by atoms with Crippen molar-refractivity contribution in [3.8, 4) is 11.8 Å². The van der Waals surface area contributed by atoms with Crippen molar-refractivity contribution in [2.75, 3.05) is 23.0 Å². The van der Waals surface area contributed by atoms with E-state index in [1.165, 1.54) is 11.8 Å². The summed E-state index contributed by atoms with van der Waals surface area (Å²) in [7, 11) is 0. The Morgan fingerprint density at radius 3 is 2.31 bits per heavy atom. The Bertz CT molecular complexity index is 1430. The predicted molar refractivity (Wildman–Crippen MR) is 160 cm³/mol. The molecule has 4 rings (SSSR count). The number of anilines is 2. The van der Waals surface area contributed by atoms with Gasteiger partial charge in [0.2, 0.25) is 5.91 Å². The normalized spacial score (nSPS) is 16.6. The van der Waals surface area contributed by atoms with Crippen LogP contribution >= 0.6 is 27.7 Å². The van der Waals surface area contributed by atoms with E-state index in [0.717, 1.165) is 10.0 Å². The van der Waals surface area contributed by atoms with E-state index in [0.29, 0.717) is 40.0 Å². The van der Waals surface area contributed by atoms with Gasteiger partial charge in [-0.05, 0) is 67.9 Å². The van der Waals surface area contributed by atoms with E-state index in [1.807, 2.05) is 61.5 Å². The summed E-state index contributed by atoms with van der Waals surface area (Å²) in [4.78, 5) is 30.9. The Kier molecular flexibility index (Phi) is 9.58. The molecule has 9 heteroatoms. The number of hydrogen-bond acceptors (Lipinski definition) is 6. The number of amides is 2. The molecule has 39 heavy (non-hydrogen) atoms. The minimum Gasteiger partial charge on any atom is -0.494 e. The zero-order valence-corrected chi connectivity index (χ0v) is 23.9. The Morgan fingerprint density at radius 1 is 1.00 bits per heavy atom. The highest BCUT2D eigenvalue weighted by molar-refractivity contribution is 9.10. The van der Waals surface area contributed by atoms with Crippen molar-refractivity contribution in [1.29, 1.82) is 5.26 Å². The summed E-state index contributed by atoms with van der Waals surface area (Å²) in [5.74, 6) is -1.10. The molecule has 3 aromatic rings. The van der Waals surface area contributed by atoms with E-state index in [4.69, 9.17) is 4.74 Å². The molecular formula is C30H27BrN4O3S. The molecule has 1 heterocycles. The number of nitrogens with one attached hydrogen (secondary N) is 2. The molecule has 0 saturated carbocycles. The van der Waals surface area contributed by atoms with Crippen LogP contribution in [0.4, 0.5) is 11.4 Å². The first-order valence-corrected chi connectivity index (χ1v) is 14.1. The second kappa shape index (κ2) is 13.3. The van der Waals surface area contributed by atoms with Gasteiger partial charge in [-0.25, -0.2) is 4.99 Å². The number of hydrogen-bond donors (Lipinski definition) is 2. The van der Waals surface area contributed by atoms with E-state index >= 15 is 0 Å². The first-order chi connectivity index (χ1) is 18.9. The van der Waals surface area contributed by atoms with Gasteiger partial charge in [0, 0.05) is 33.0 Å². The second-order valence-electron chi connectivity index (χ2n) is 8.70. The maximum Gasteiger partial charge on any atom is 0.254 e. The van der Waals surface area contributed by atoms with E-state index < -0.39 is 11.8 Å². The molecule has 3 aromatic carbocycles. The van der Waals surface area contributed by atoms with Gasteiger partial charge in [-0.2, -0.15) is 5.26 Å². The first-order valence-electron chi connectivity index (χ1n) is 12.4. The SMILES string of the molecule is CCOc1ccc([C@@H]2C(C(=O)Nc3ccccc3)=C(C)N=C(SCC(=O)Nc3ccc(Br)cc3)C2C#N)cc1. The third-order valence-electron chi connectivity index (χ3n) is 6.02. The summed E-state index contributed by atoms with van der Waals surface area (Å²) in [6.45, 7) is 4.20. The monoisotopic (exact) mass is 602 g/mol. The molecule has 0 bridgehead atoms. The van der Waals surface area contributed by atoms with Gasteiger partial charge >= 0.3 is 0 Å². The number of para-hydroxylation sites is 1. The summed E-state index contributed by atoms with van der Waals surface area (Å²) >= 11 is 4.59. The number of rotatable bonds is 8. The van der Waals surface area contributed by atoms with Crippen molar-refractivity contribution < 1.29 is 14.3 Å². The molecule has 198 valence electrons. The van der Waals surface area contributed by atoms with E-state index in [1.54, 1.807) is 31.2 Å². The molecule has 0 aliphatic carbocycles. The fourth-order valence-electron chi connectivity index (χ4n) is 4.27. The van der Waals surface area contributed by atoms with Crippen LogP contribution in [-0.2, 0) is 9.59 Å². The number of halogens is 1. The van der Waals surface area contributed by atoms with Gasteiger partial charge in [0.15, 0.2) is 0 Å². The molecule has 2 amide bonds. The lowest BCUT2D eigenvalue weighted by Gasteiger charge is -2.30. The van der Waals surface area contributed by atoms with Crippen molar-refractivity contribution in [3.63, 3.8) is 0 Å². The zero-order chi connectivity index (χ0) is 27.8. The molecule has 2 atom stereocenters. The highest BCUT2D eigenvalue weighted by atomic mass is 79.9.